The molecule has 0 aliphatic carbocycles. The fraction of sp³-hybridized carbons (Fsp3) is 0.190. The fourth-order valence-electron chi connectivity index (χ4n) is 3.40. The maximum atomic E-state index is 13.7. The lowest BCUT2D eigenvalue weighted by atomic mass is 10.2. The van der Waals surface area contributed by atoms with Crippen molar-refractivity contribution in [3.05, 3.63) is 64.8 Å². The molecule has 3 aromatic rings. The summed E-state index contributed by atoms with van der Waals surface area (Å²) in [6.45, 7) is 1.29. The van der Waals surface area contributed by atoms with E-state index in [1.54, 1.807) is 18.2 Å². The second-order valence-electron chi connectivity index (χ2n) is 6.86. The number of hydrogen-bond acceptors (Lipinski definition) is 7. The number of nitrogens with two attached hydrogens (primary N) is 1. The number of benzene rings is 2. The van der Waals surface area contributed by atoms with Crippen LogP contribution in [0.3, 0.4) is 0 Å². The molecule has 0 saturated carbocycles. The molecule has 0 bridgehead atoms. The third-order valence-electron chi connectivity index (χ3n) is 4.83. The Bertz CT molecular complexity index is 1140. The number of aromatic nitrogens is 2. The smallest absolute Gasteiger partial charge is 0.251 e. The third kappa shape index (κ3) is 4.37. The Labute approximate surface area is 182 Å². The van der Waals surface area contributed by atoms with Crippen molar-refractivity contribution < 1.29 is 19.0 Å². The number of anilines is 3. The SMILES string of the molecule is NC(=O)c1cc(Oc2ccc(Nc3ncnc4c3N(CCO)CC4)cc2Cl)ccc1F. The summed E-state index contributed by atoms with van der Waals surface area (Å²) in [6.07, 6.45) is 2.28. The number of amides is 1. The molecule has 4 N–H and O–H groups in total. The van der Waals surface area contributed by atoms with E-state index in [4.69, 9.17) is 22.1 Å². The summed E-state index contributed by atoms with van der Waals surface area (Å²) in [6, 6.07) is 8.76. The van der Waals surface area contributed by atoms with Gasteiger partial charge in [-0.3, -0.25) is 4.79 Å². The average molecular weight is 444 g/mol. The molecule has 2 aromatic carbocycles. The number of halogens is 2. The Kier molecular flexibility index (Phi) is 5.88. The van der Waals surface area contributed by atoms with Crippen LogP contribution in [-0.4, -0.2) is 40.7 Å². The molecule has 8 nitrogen and oxygen atoms in total. The van der Waals surface area contributed by atoms with Gasteiger partial charge in [0.2, 0.25) is 0 Å². The highest BCUT2D eigenvalue weighted by Crippen LogP contribution is 2.36. The first-order valence-corrected chi connectivity index (χ1v) is 9.87. The van der Waals surface area contributed by atoms with Gasteiger partial charge < -0.3 is 25.8 Å². The van der Waals surface area contributed by atoms with Crippen molar-refractivity contribution in [3.8, 4) is 11.5 Å². The number of nitrogens with zero attached hydrogens (tertiary/aromatic N) is 3. The number of aliphatic hydroxyl groups is 1. The molecule has 0 atom stereocenters. The summed E-state index contributed by atoms with van der Waals surface area (Å²) in [5.74, 6) is -0.445. The Morgan fingerprint density at radius 1 is 1.29 bits per heavy atom. The van der Waals surface area contributed by atoms with Gasteiger partial charge in [0.05, 0.1) is 22.9 Å². The van der Waals surface area contributed by atoms with Crippen LogP contribution in [0.1, 0.15) is 16.1 Å². The van der Waals surface area contributed by atoms with Gasteiger partial charge in [-0.25, -0.2) is 14.4 Å². The number of nitrogens with one attached hydrogen (secondary N) is 1. The molecule has 0 radical (unpaired) electrons. The Balaban J connectivity index is 1.55. The summed E-state index contributed by atoms with van der Waals surface area (Å²) in [5.41, 5.74) is 7.35. The zero-order valence-electron chi connectivity index (χ0n) is 16.3. The van der Waals surface area contributed by atoms with E-state index in [-0.39, 0.29) is 17.9 Å². The number of hydrogen-bond donors (Lipinski definition) is 3. The van der Waals surface area contributed by atoms with Crippen LogP contribution in [0.2, 0.25) is 5.02 Å². The molecule has 4 rings (SSSR count). The van der Waals surface area contributed by atoms with Crippen LogP contribution in [0.25, 0.3) is 0 Å². The van der Waals surface area contributed by atoms with Gasteiger partial charge in [0.1, 0.15) is 29.3 Å². The second-order valence-corrected chi connectivity index (χ2v) is 7.26. The molecule has 0 fully saturated rings. The summed E-state index contributed by atoms with van der Waals surface area (Å²) in [7, 11) is 0. The molecule has 1 aliphatic rings. The third-order valence-corrected chi connectivity index (χ3v) is 5.12. The number of carbonyl (C=O) groups excluding carboxylic acids is 1. The summed E-state index contributed by atoms with van der Waals surface area (Å²) in [4.78, 5) is 22.0. The van der Waals surface area contributed by atoms with E-state index in [9.17, 15) is 14.3 Å². The Morgan fingerprint density at radius 3 is 2.87 bits per heavy atom. The zero-order chi connectivity index (χ0) is 22.0. The number of aliphatic hydroxyl groups excluding tert-OH is 1. The first-order valence-electron chi connectivity index (χ1n) is 9.49. The zero-order valence-corrected chi connectivity index (χ0v) is 17.1. The number of primary amides is 1. The van der Waals surface area contributed by atoms with Crippen molar-refractivity contribution in [2.75, 3.05) is 29.9 Å². The lowest BCUT2D eigenvalue weighted by Crippen LogP contribution is -2.25. The molecule has 1 aliphatic heterocycles. The predicted molar refractivity (Wildman–Crippen MR) is 115 cm³/mol. The number of rotatable bonds is 7. The van der Waals surface area contributed by atoms with E-state index in [0.29, 0.717) is 28.8 Å². The lowest BCUT2D eigenvalue weighted by molar-refractivity contribution is 0.0996. The van der Waals surface area contributed by atoms with Gasteiger partial charge in [-0.05, 0) is 36.4 Å². The summed E-state index contributed by atoms with van der Waals surface area (Å²) >= 11 is 6.37. The molecule has 10 heteroatoms. The quantitative estimate of drug-likeness (QED) is 0.513. The van der Waals surface area contributed by atoms with Crippen molar-refractivity contribution in [3.63, 3.8) is 0 Å². The van der Waals surface area contributed by atoms with Crippen molar-refractivity contribution >= 4 is 34.7 Å². The number of fused-ring (bicyclic) bond motifs is 1. The van der Waals surface area contributed by atoms with Crippen LogP contribution in [0, 0.1) is 5.82 Å². The fourth-order valence-corrected chi connectivity index (χ4v) is 3.62. The van der Waals surface area contributed by atoms with Crippen molar-refractivity contribution in [1.29, 1.82) is 0 Å². The largest absolute Gasteiger partial charge is 0.456 e. The van der Waals surface area contributed by atoms with Gasteiger partial charge in [-0.15, -0.1) is 0 Å². The molecular weight excluding hydrogens is 425 g/mol. The Hall–Kier alpha value is -3.43. The van der Waals surface area contributed by atoms with E-state index in [0.717, 1.165) is 30.4 Å². The first-order chi connectivity index (χ1) is 15.0. The van der Waals surface area contributed by atoms with Crippen molar-refractivity contribution in [1.82, 2.24) is 9.97 Å². The highest BCUT2D eigenvalue weighted by atomic mass is 35.5. The minimum Gasteiger partial charge on any atom is -0.456 e. The normalized spacial score (nSPS) is 12.5. The van der Waals surface area contributed by atoms with E-state index in [1.807, 2.05) is 4.90 Å². The maximum Gasteiger partial charge on any atom is 0.251 e. The molecule has 2 heterocycles. The molecule has 0 unspecified atom stereocenters. The van der Waals surface area contributed by atoms with Crippen LogP contribution in [-0.2, 0) is 6.42 Å². The maximum absolute atomic E-state index is 13.7. The van der Waals surface area contributed by atoms with Gasteiger partial charge in [-0.1, -0.05) is 11.6 Å². The van der Waals surface area contributed by atoms with Crippen LogP contribution in [0.4, 0.5) is 21.6 Å². The minimum absolute atomic E-state index is 0.0342. The molecule has 0 saturated heterocycles. The van der Waals surface area contributed by atoms with Crippen LogP contribution in [0.5, 0.6) is 11.5 Å². The molecule has 160 valence electrons. The van der Waals surface area contributed by atoms with Gasteiger partial charge >= 0.3 is 0 Å². The van der Waals surface area contributed by atoms with Crippen LogP contribution >= 0.6 is 11.6 Å². The topological polar surface area (TPSA) is 114 Å². The molecule has 31 heavy (non-hydrogen) atoms. The molecule has 0 spiro atoms. The first kappa shape index (κ1) is 20.8. The number of ether oxygens (including phenoxy) is 1. The molecule has 1 amide bonds. The molecular formula is C21H19ClFN5O3. The van der Waals surface area contributed by atoms with Crippen LogP contribution < -0.4 is 20.7 Å². The van der Waals surface area contributed by atoms with Crippen molar-refractivity contribution in [2.45, 2.75) is 6.42 Å². The predicted octanol–water partition coefficient (Wildman–Crippen LogP) is 3.26. The highest BCUT2D eigenvalue weighted by Gasteiger charge is 2.24. The van der Waals surface area contributed by atoms with Gasteiger partial charge in [0, 0.05) is 25.2 Å². The summed E-state index contributed by atoms with van der Waals surface area (Å²) < 4.78 is 19.3. The van der Waals surface area contributed by atoms with E-state index in [1.165, 1.54) is 18.5 Å². The monoisotopic (exact) mass is 443 g/mol. The van der Waals surface area contributed by atoms with E-state index >= 15 is 0 Å². The van der Waals surface area contributed by atoms with Crippen molar-refractivity contribution in [2.24, 2.45) is 5.73 Å². The highest BCUT2D eigenvalue weighted by molar-refractivity contribution is 6.32. The minimum atomic E-state index is -0.888. The lowest BCUT2D eigenvalue weighted by Gasteiger charge is -2.20. The Morgan fingerprint density at radius 2 is 2.13 bits per heavy atom. The number of carbonyl (C=O) groups is 1. The second kappa shape index (κ2) is 8.75. The van der Waals surface area contributed by atoms with E-state index < -0.39 is 11.7 Å². The number of β-amino-alcohol motifs (C(OH)–C–C–N with tert-alkyl or cyclic N) is 1. The standard InChI is InChI=1S/C21H19ClFN5O3/c22-15-9-12(27-21-19-17(25-11-26-21)5-6-28(19)7-8-29)1-4-18(15)31-13-2-3-16(23)14(10-13)20(24)30/h1-4,9-11,29H,5-8H2,(H2,24,30)(H,25,26,27). The average Bonchev–Trinajstić information content (AvgIpc) is 3.15. The van der Waals surface area contributed by atoms with Gasteiger partial charge in [0.25, 0.3) is 5.91 Å². The summed E-state index contributed by atoms with van der Waals surface area (Å²) in [5, 5.41) is 12.8. The van der Waals surface area contributed by atoms with Crippen LogP contribution in [0.15, 0.2) is 42.7 Å². The van der Waals surface area contributed by atoms with Gasteiger partial charge in [-0.2, -0.15) is 0 Å². The van der Waals surface area contributed by atoms with E-state index in [2.05, 4.69) is 15.3 Å². The molecule has 1 aromatic heterocycles. The van der Waals surface area contributed by atoms with Gasteiger partial charge in [0.15, 0.2) is 5.82 Å².